The van der Waals surface area contributed by atoms with Gasteiger partial charge in [-0.3, -0.25) is 4.79 Å². The van der Waals surface area contributed by atoms with Crippen molar-refractivity contribution in [3.63, 3.8) is 0 Å². The van der Waals surface area contributed by atoms with E-state index in [4.69, 9.17) is 4.52 Å². The number of nitrogens with one attached hydrogen (secondary N) is 1. The molecule has 0 radical (unpaired) electrons. The standard InChI is InChI=1S/C19H26N2O2/c1-11(2)15-7-9-16(10-8-15)18(12(3)4)20-19(22)17-13(5)21-23-14(17)6/h7-12,18H,1-6H3,(H,20,22). The van der Waals surface area contributed by atoms with Gasteiger partial charge in [-0.1, -0.05) is 57.1 Å². The summed E-state index contributed by atoms with van der Waals surface area (Å²) < 4.78 is 5.10. The Kier molecular flexibility index (Phi) is 5.24. The molecule has 4 nitrogen and oxygen atoms in total. The first-order chi connectivity index (χ1) is 10.8. The second kappa shape index (κ2) is 6.99. The van der Waals surface area contributed by atoms with E-state index in [-0.39, 0.29) is 17.9 Å². The number of amides is 1. The molecule has 1 atom stereocenters. The summed E-state index contributed by atoms with van der Waals surface area (Å²) in [6, 6.07) is 8.44. The number of rotatable bonds is 5. The lowest BCUT2D eigenvalue weighted by atomic mass is 9.93. The van der Waals surface area contributed by atoms with Crippen LogP contribution in [0.15, 0.2) is 28.8 Å². The topological polar surface area (TPSA) is 55.1 Å². The van der Waals surface area contributed by atoms with Crippen LogP contribution in [0.3, 0.4) is 0 Å². The molecule has 4 heteroatoms. The van der Waals surface area contributed by atoms with Crippen molar-refractivity contribution in [3.05, 3.63) is 52.4 Å². The Bertz CT molecular complexity index is 650. The van der Waals surface area contributed by atoms with Gasteiger partial charge in [0.25, 0.3) is 5.91 Å². The van der Waals surface area contributed by atoms with Crippen LogP contribution >= 0.6 is 0 Å². The Hall–Kier alpha value is -2.10. The summed E-state index contributed by atoms with van der Waals surface area (Å²) in [4.78, 5) is 12.6. The van der Waals surface area contributed by atoms with E-state index in [0.717, 1.165) is 5.56 Å². The van der Waals surface area contributed by atoms with Gasteiger partial charge in [0.05, 0.1) is 11.7 Å². The van der Waals surface area contributed by atoms with Crippen LogP contribution < -0.4 is 5.32 Å². The van der Waals surface area contributed by atoms with Crippen molar-refractivity contribution >= 4 is 5.91 Å². The van der Waals surface area contributed by atoms with Crippen LogP contribution in [-0.4, -0.2) is 11.1 Å². The zero-order valence-corrected chi connectivity index (χ0v) is 14.8. The Balaban J connectivity index is 2.24. The van der Waals surface area contributed by atoms with E-state index in [1.165, 1.54) is 5.56 Å². The van der Waals surface area contributed by atoms with Gasteiger partial charge in [0.15, 0.2) is 0 Å². The molecule has 0 aliphatic heterocycles. The highest BCUT2D eigenvalue weighted by Crippen LogP contribution is 2.25. The molecule has 0 saturated carbocycles. The Labute approximate surface area is 138 Å². The molecule has 0 fully saturated rings. The maximum Gasteiger partial charge on any atom is 0.257 e. The highest BCUT2D eigenvalue weighted by Gasteiger charge is 2.23. The third kappa shape index (κ3) is 3.81. The Morgan fingerprint density at radius 3 is 2.04 bits per heavy atom. The molecule has 1 N–H and O–H groups in total. The van der Waals surface area contributed by atoms with Crippen molar-refractivity contribution in [1.82, 2.24) is 10.5 Å². The summed E-state index contributed by atoms with van der Waals surface area (Å²) in [5, 5.41) is 6.98. The molecule has 1 amide bonds. The quantitative estimate of drug-likeness (QED) is 0.881. The van der Waals surface area contributed by atoms with Crippen LogP contribution in [0, 0.1) is 19.8 Å². The van der Waals surface area contributed by atoms with Crippen molar-refractivity contribution in [2.75, 3.05) is 0 Å². The predicted molar refractivity (Wildman–Crippen MR) is 91.6 cm³/mol. The summed E-state index contributed by atoms with van der Waals surface area (Å²) in [7, 11) is 0. The second-order valence-electron chi connectivity index (χ2n) is 6.72. The lowest BCUT2D eigenvalue weighted by Gasteiger charge is -2.23. The van der Waals surface area contributed by atoms with E-state index in [2.05, 4.69) is 62.4 Å². The number of aromatic nitrogens is 1. The van der Waals surface area contributed by atoms with Gasteiger partial charge in [-0.2, -0.15) is 0 Å². The van der Waals surface area contributed by atoms with Gasteiger partial charge >= 0.3 is 0 Å². The van der Waals surface area contributed by atoms with E-state index < -0.39 is 0 Å². The summed E-state index contributed by atoms with van der Waals surface area (Å²) in [5.74, 6) is 1.20. The van der Waals surface area contributed by atoms with Crippen LogP contribution in [0.5, 0.6) is 0 Å². The minimum atomic E-state index is -0.132. The van der Waals surface area contributed by atoms with Crippen molar-refractivity contribution < 1.29 is 9.32 Å². The number of hydrogen-bond donors (Lipinski definition) is 1. The largest absolute Gasteiger partial charge is 0.361 e. The number of nitrogens with zero attached hydrogens (tertiary/aromatic N) is 1. The fourth-order valence-electron chi connectivity index (χ4n) is 2.74. The van der Waals surface area contributed by atoms with Crippen molar-refractivity contribution in [2.45, 2.75) is 53.5 Å². The maximum atomic E-state index is 12.6. The van der Waals surface area contributed by atoms with Crippen LogP contribution in [0.25, 0.3) is 0 Å². The molecular weight excluding hydrogens is 288 g/mol. The number of aryl methyl sites for hydroxylation is 2. The number of carbonyl (C=O) groups is 1. The van der Waals surface area contributed by atoms with Crippen molar-refractivity contribution in [3.8, 4) is 0 Å². The van der Waals surface area contributed by atoms with E-state index >= 15 is 0 Å². The zero-order valence-electron chi connectivity index (χ0n) is 14.8. The molecule has 0 aliphatic carbocycles. The average Bonchev–Trinajstić information content (AvgIpc) is 2.83. The first-order valence-electron chi connectivity index (χ1n) is 8.14. The second-order valence-corrected chi connectivity index (χ2v) is 6.72. The van der Waals surface area contributed by atoms with Crippen LogP contribution in [-0.2, 0) is 0 Å². The molecule has 1 aromatic carbocycles. The fourth-order valence-corrected chi connectivity index (χ4v) is 2.74. The molecule has 2 aromatic rings. The molecule has 1 aromatic heterocycles. The third-order valence-electron chi connectivity index (χ3n) is 4.18. The molecule has 23 heavy (non-hydrogen) atoms. The van der Waals surface area contributed by atoms with Gasteiger partial charge in [0.1, 0.15) is 11.3 Å². The fraction of sp³-hybridized carbons (Fsp3) is 0.474. The maximum absolute atomic E-state index is 12.6. The summed E-state index contributed by atoms with van der Waals surface area (Å²) in [6.45, 7) is 12.1. The molecule has 1 heterocycles. The van der Waals surface area contributed by atoms with E-state index in [1.54, 1.807) is 13.8 Å². The smallest absolute Gasteiger partial charge is 0.257 e. The lowest BCUT2D eigenvalue weighted by molar-refractivity contribution is 0.0923. The third-order valence-corrected chi connectivity index (χ3v) is 4.18. The minimum Gasteiger partial charge on any atom is -0.361 e. The Morgan fingerprint density at radius 2 is 1.61 bits per heavy atom. The van der Waals surface area contributed by atoms with Gasteiger partial charge < -0.3 is 9.84 Å². The SMILES string of the molecule is Cc1noc(C)c1C(=O)NC(c1ccc(C(C)C)cc1)C(C)C. The highest BCUT2D eigenvalue weighted by atomic mass is 16.5. The monoisotopic (exact) mass is 314 g/mol. The molecule has 124 valence electrons. The summed E-state index contributed by atoms with van der Waals surface area (Å²) >= 11 is 0. The van der Waals surface area contributed by atoms with Gasteiger partial charge in [0, 0.05) is 0 Å². The molecule has 0 saturated heterocycles. The zero-order chi connectivity index (χ0) is 17.1. The van der Waals surface area contributed by atoms with Gasteiger partial charge in [-0.15, -0.1) is 0 Å². The number of benzene rings is 1. The summed E-state index contributed by atoms with van der Waals surface area (Å²) in [5.41, 5.74) is 3.57. The first-order valence-corrected chi connectivity index (χ1v) is 8.14. The average molecular weight is 314 g/mol. The van der Waals surface area contributed by atoms with Gasteiger partial charge in [0.2, 0.25) is 0 Å². The van der Waals surface area contributed by atoms with Crippen molar-refractivity contribution in [2.24, 2.45) is 5.92 Å². The molecule has 0 bridgehead atoms. The highest BCUT2D eigenvalue weighted by molar-refractivity contribution is 5.96. The minimum absolute atomic E-state index is 0.0441. The van der Waals surface area contributed by atoms with Crippen molar-refractivity contribution in [1.29, 1.82) is 0 Å². The van der Waals surface area contributed by atoms with Crippen LogP contribution in [0.4, 0.5) is 0 Å². The molecule has 0 aliphatic rings. The lowest BCUT2D eigenvalue weighted by Crippen LogP contribution is -2.32. The van der Waals surface area contributed by atoms with Crippen LogP contribution in [0.2, 0.25) is 0 Å². The molecule has 0 spiro atoms. The van der Waals surface area contributed by atoms with E-state index in [9.17, 15) is 4.79 Å². The van der Waals surface area contributed by atoms with Gasteiger partial charge in [-0.05, 0) is 36.8 Å². The predicted octanol–water partition coefficient (Wildman–Crippen LogP) is 4.54. The Morgan fingerprint density at radius 1 is 1.04 bits per heavy atom. The normalized spacial score (nSPS) is 12.7. The number of hydrogen-bond acceptors (Lipinski definition) is 3. The van der Waals surface area contributed by atoms with Gasteiger partial charge in [-0.25, -0.2) is 0 Å². The van der Waals surface area contributed by atoms with Crippen LogP contribution in [0.1, 0.15) is 72.6 Å². The molecular formula is C19H26N2O2. The summed E-state index contributed by atoms with van der Waals surface area (Å²) in [6.07, 6.45) is 0. The number of carbonyl (C=O) groups excluding carboxylic acids is 1. The van der Waals surface area contributed by atoms with E-state index in [1.807, 2.05) is 0 Å². The first kappa shape index (κ1) is 17.3. The molecule has 1 unspecified atom stereocenters. The van der Waals surface area contributed by atoms with E-state index in [0.29, 0.717) is 22.9 Å². The molecule has 2 rings (SSSR count).